The van der Waals surface area contributed by atoms with Crippen LogP contribution >= 0.6 is 0 Å². The van der Waals surface area contributed by atoms with Gasteiger partial charge in [0.15, 0.2) is 0 Å². The summed E-state index contributed by atoms with van der Waals surface area (Å²) in [5, 5.41) is 3.42. The van der Waals surface area contributed by atoms with E-state index in [1.54, 1.807) is 0 Å². The van der Waals surface area contributed by atoms with Crippen molar-refractivity contribution in [3.8, 4) is 0 Å². The summed E-state index contributed by atoms with van der Waals surface area (Å²) in [4.78, 5) is 35.9. The molecule has 1 aliphatic rings. The zero-order chi connectivity index (χ0) is 19.4. The molecule has 6 heteroatoms. The van der Waals surface area contributed by atoms with Gasteiger partial charge >= 0.3 is 0 Å². The summed E-state index contributed by atoms with van der Waals surface area (Å²) in [5.74, 6) is -0.691. The standard InChI is InChI=1S/C20H33N3O3/c1-3-5-10-17(13-15-23-18(24)11-12-19(23)25)22-14-7-6-9-16(8-4-2)20(21)26/h10-12,16,22H,3-9,13-15H2,1-2H3,(H2,21,26)/b17-10+. The monoisotopic (exact) mass is 363 g/mol. The maximum atomic E-state index is 11.6. The minimum Gasteiger partial charge on any atom is -0.389 e. The highest BCUT2D eigenvalue weighted by Crippen LogP contribution is 2.14. The number of allylic oxidation sites excluding steroid dienone is 1. The van der Waals surface area contributed by atoms with Crippen LogP contribution in [0.15, 0.2) is 23.9 Å². The summed E-state index contributed by atoms with van der Waals surface area (Å²) < 4.78 is 0. The largest absolute Gasteiger partial charge is 0.389 e. The number of imide groups is 1. The zero-order valence-electron chi connectivity index (χ0n) is 16.1. The molecule has 0 saturated carbocycles. The molecule has 0 aromatic heterocycles. The molecule has 0 fully saturated rings. The SMILES string of the molecule is CCC/C=C(\CCN1C(=O)C=CC1=O)NCCCCC(CCC)C(N)=O. The molecule has 1 heterocycles. The highest BCUT2D eigenvalue weighted by atomic mass is 16.2. The number of hydrogen-bond acceptors (Lipinski definition) is 4. The lowest BCUT2D eigenvalue weighted by Crippen LogP contribution is -2.32. The Kier molecular flexibility index (Phi) is 10.4. The number of nitrogens with two attached hydrogens (primary N) is 1. The van der Waals surface area contributed by atoms with Gasteiger partial charge in [-0.05, 0) is 25.7 Å². The van der Waals surface area contributed by atoms with E-state index in [-0.39, 0.29) is 23.6 Å². The smallest absolute Gasteiger partial charge is 0.253 e. The summed E-state index contributed by atoms with van der Waals surface area (Å²) in [6.45, 7) is 5.39. The highest BCUT2D eigenvalue weighted by Gasteiger charge is 2.22. The van der Waals surface area contributed by atoms with Crippen molar-refractivity contribution < 1.29 is 14.4 Å². The average Bonchev–Trinajstić information content (AvgIpc) is 2.93. The van der Waals surface area contributed by atoms with Gasteiger partial charge in [-0.3, -0.25) is 19.3 Å². The van der Waals surface area contributed by atoms with Crippen LogP contribution in [0.3, 0.4) is 0 Å². The van der Waals surface area contributed by atoms with E-state index in [2.05, 4.69) is 25.2 Å². The van der Waals surface area contributed by atoms with E-state index < -0.39 is 0 Å². The third-order valence-electron chi connectivity index (χ3n) is 4.56. The van der Waals surface area contributed by atoms with E-state index in [0.717, 1.165) is 57.2 Å². The van der Waals surface area contributed by atoms with Gasteiger partial charge in [0.2, 0.25) is 5.91 Å². The zero-order valence-corrected chi connectivity index (χ0v) is 16.1. The number of nitrogens with one attached hydrogen (secondary N) is 1. The summed E-state index contributed by atoms with van der Waals surface area (Å²) >= 11 is 0. The molecule has 26 heavy (non-hydrogen) atoms. The number of carbonyl (C=O) groups is 3. The first-order chi connectivity index (χ1) is 12.5. The summed E-state index contributed by atoms with van der Waals surface area (Å²) in [6.07, 6.45) is 12.0. The molecular formula is C20H33N3O3. The molecule has 3 amide bonds. The van der Waals surface area contributed by atoms with Crippen LogP contribution in [0.25, 0.3) is 0 Å². The van der Waals surface area contributed by atoms with E-state index >= 15 is 0 Å². The third-order valence-corrected chi connectivity index (χ3v) is 4.56. The fourth-order valence-electron chi connectivity index (χ4n) is 3.01. The van der Waals surface area contributed by atoms with Crippen LogP contribution < -0.4 is 11.1 Å². The molecule has 0 bridgehead atoms. The van der Waals surface area contributed by atoms with E-state index in [1.807, 2.05) is 0 Å². The molecule has 3 N–H and O–H groups in total. The lowest BCUT2D eigenvalue weighted by Gasteiger charge is -2.17. The Morgan fingerprint density at radius 3 is 2.42 bits per heavy atom. The Labute approximate surface area is 156 Å². The van der Waals surface area contributed by atoms with Crippen LogP contribution in [0.1, 0.15) is 65.2 Å². The molecule has 146 valence electrons. The van der Waals surface area contributed by atoms with Gasteiger partial charge < -0.3 is 11.1 Å². The van der Waals surface area contributed by atoms with Gasteiger partial charge in [-0.15, -0.1) is 0 Å². The van der Waals surface area contributed by atoms with Crippen LogP contribution in [-0.2, 0) is 14.4 Å². The molecule has 0 aromatic rings. The molecule has 0 spiro atoms. The number of hydrogen-bond donors (Lipinski definition) is 2. The average molecular weight is 364 g/mol. The van der Waals surface area contributed by atoms with Gasteiger partial charge in [0, 0.05) is 43.3 Å². The lowest BCUT2D eigenvalue weighted by molar-refractivity contribution is -0.136. The number of unbranched alkanes of at least 4 members (excludes halogenated alkanes) is 2. The number of primary amides is 1. The van der Waals surface area contributed by atoms with Gasteiger partial charge in [-0.1, -0.05) is 39.2 Å². The quantitative estimate of drug-likeness (QED) is 0.366. The first-order valence-electron chi connectivity index (χ1n) is 9.75. The summed E-state index contributed by atoms with van der Waals surface area (Å²) in [6, 6.07) is 0. The Morgan fingerprint density at radius 2 is 1.85 bits per heavy atom. The van der Waals surface area contributed by atoms with E-state index in [9.17, 15) is 14.4 Å². The molecule has 1 rings (SSSR count). The van der Waals surface area contributed by atoms with Crippen molar-refractivity contribution in [2.75, 3.05) is 13.1 Å². The number of amides is 3. The lowest BCUT2D eigenvalue weighted by atomic mass is 9.96. The van der Waals surface area contributed by atoms with Gasteiger partial charge in [-0.2, -0.15) is 0 Å². The molecule has 1 atom stereocenters. The first-order valence-corrected chi connectivity index (χ1v) is 9.75. The Morgan fingerprint density at radius 1 is 1.15 bits per heavy atom. The maximum absolute atomic E-state index is 11.6. The fourth-order valence-corrected chi connectivity index (χ4v) is 3.01. The molecular weight excluding hydrogens is 330 g/mol. The minimum absolute atomic E-state index is 0.0187. The maximum Gasteiger partial charge on any atom is 0.253 e. The molecule has 0 aliphatic carbocycles. The Balaban J connectivity index is 2.35. The number of rotatable bonds is 14. The van der Waals surface area contributed by atoms with Crippen LogP contribution in [0.2, 0.25) is 0 Å². The van der Waals surface area contributed by atoms with Crippen molar-refractivity contribution in [1.29, 1.82) is 0 Å². The molecule has 1 aliphatic heterocycles. The van der Waals surface area contributed by atoms with Gasteiger partial charge in [-0.25, -0.2) is 0 Å². The van der Waals surface area contributed by atoms with Gasteiger partial charge in [0.25, 0.3) is 11.8 Å². The van der Waals surface area contributed by atoms with Gasteiger partial charge in [0.05, 0.1) is 0 Å². The second-order valence-corrected chi connectivity index (χ2v) is 6.74. The van der Waals surface area contributed by atoms with Crippen molar-refractivity contribution in [3.05, 3.63) is 23.9 Å². The van der Waals surface area contributed by atoms with E-state index in [1.165, 1.54) is 17.1 Å². The number of carbonyl (C=O) groups excluding carboxylic acids is 3. The first kappa shape index (κ1) is 21.9. The molecule has 0 aromatic carbocycles. The van der Waals surface area contributed by atoms with Gasteiger partial charge in [0.1, 0.15) is 0 Å². The second-order valence-electron chi connectivity index (χ2n) is 6.74. The number of nitrogens with zero attached hydrogens (tertiary/aromatic N) is 1. The van der Waals surface area contributed by atoms with Crippen molar-refractivity contribution in [2.24, 2.45) is 11.7 Å². The molecule has 0 radical (unpaired) electrons. The minimum atomic E-state index is -0.238. The van der Waals surface area contributed by atoms with Crippen LogP contribution in [0.5, 0.6) is 0 Å². The summed E-state index contributed by atoms with van der Waals surface area (Å²) in [7, 11) is 0. The third kappa shape index (κ3) is 7.85. The fraction of sp³-hybridized carbons (Fsp3) is 0.650. The van der Waals surface area contributed by atoms with Crippen LogP contribution in [0, 0.1) is 5.92 Å². The van der Waals surface area contributed by atoms with E-state index in [4.69, 9.17) is 5.73 Å². The predicted octanol–water partition coefficient (Wildman–Crippen LogP) is 2.65. The molecule has 1 unspecified atom stereocenters. The Bertz CT molecular complexity index is 522. The van der Waals surface area contributed by atoms with E-state index in [0.29, 0.717) is 13.0 Å². The molecule has 6 nitrogen and oxygen atoms in total. The normalized spacial score (nSPS) is 15.6. The van der Waals surface area contributed by atoms with Crippen LogP contribution in [-0.4, -0.2) is 35.7 Å². The summed E-state index contributed by atoms with van der Waals surface area (Å²) in [5.41, 5.74) is 6.50. The topological polar surface area (TPSA) is 92.5 Å². The van der Waals surface area contributed by atoms with Crippen molar-refractivity contribution in [1.82, 2.24) is 10.2 Å². The van der Waals surface area contributed by atoms with Crippen molar-refractivity contribution in [2.45, 2.75) is 65.2 Å². The highest BCUT2D eigenvalue weighted by molar-refractivity contribution is 6.12. The second kappa shape index (κ2) is 12.3. The Hall–Kier alpha value is -2.11. The predicted molar refractivity (Wildman–Crippen MR) is 103 cm³/mol. The van der Waals surface area contributed by atoms with Crippen molar-refractivity contribution >= 4 is 17.7 Å². The van der Waals surface area contributed by atoms with Crippen molar-refractivity contribution in [3.63, 3.8) is 0 Å². The van der Waals surface area contributed by atoms with Crippen LogP contribution in [0.4, 0.5) is 0 Å². The molecule has 0 saturated heterocycles.